The summed E-state index contributed by atoms with van der Waals surface area (Å²) in [4.78, 5) is 14.2. The van der Waals surface area contributed by atoms with Gasteiger partial charge in [0, 0.05) is 13.6 Å². The van der Waals surface area contributed by atoms with Crippen LogP contribution in [0.25, 0.3) is 5.69 Å². The van der Waals surface area contributed by atoms with Gasteiger partial charge in [-0.05, 0) is 53.6 Å². The van der Waals surface area contributed by atoms with Gasteiger partial charge in [0.25, 0.3) is 0 Å². The van der Waals surface area contributed by atoms with Crippen LogP contribution in [-0.2, 0) is 11.3 Å². The number of benzene rings is 2. The van der Waals surface area contributed by atoms with Crippen LogP contribution < -0.4 is 0 Å². The fourth-order valence-electron chi connectivity index (χ4n) is 2.70. The molecule has 0 bridgehead atoms. The van der Waals surface area contributed by atoms with Crippen molar-refractivity contribution >= 4 is 40.9 Å². The molecule has 0 aliphatic heterocycles. The Morgan fingerprint density at radius 1 is 1.14 bits per heavy atom. The SMILES string of the molecule is Cc1ccc(-n2nnnc2SCC(=O)N(C)Cc2ccc(Cl)c(Cl)c2)c(C)c1. The molecule has 0 unspecified atom stereocenters. The molecular weight excluding hydrogens is 417 g/mol. The smallest absolute Gasteiger partial charge is 0.233 e. The maximum Gasteiger partial charge on any atom is 0.233 e. The second kappa shape index (κ2) is 8.94. The first-order chi connectivity index (χ1) is 13.3. The molecule has 0 aliphatic carbocycles. The van der Waals surface area contributed by atoms with Crippen molar-refractivity contribution in [1.82, 2.24) is 25.1 Å². The van der Waals surface area contributed by atoms with Crippen molar-refractivity contribution in [1.29, 1.82) is 0 Å². The van der Waals surface area contributed by atoms with E-state index in [1.54, 1.807) is 28.8 Å². The average Bonchev–Trinajstić information content (AvgIpc) is 3.11. The predicted molar refractivity (Wildman–Crippen MR) is 112 cm³/mol. The summed E-state index contributed by atoms with van der Waals surface area (Å²) in [6, 6.07) is 11.4. The van der Waals surface area contributed by atoms with Crippen LogP contribution in [0.15, 0.2) is 41.6 Å². The van der Waals surface area contributed by atoms with E-state index in [-0.39, 0.29) is 11.7 Å². The molecule has 28 heavy (non-hydrogen) atoms. The average molecular weight is 436 g/mol. The van der Waals surface area contributed by atoms with Gasteiger partial charge in [0.2, 0.25) is 11.1 Å². The normalized spacial score (nSPS) is 10.9. The monoisotopic (exact) mass is 435 g/mol. The van der Waals surface area contributed by atoms with Crippen LogP contribution in [0.1, 0.15) is 16.7 Å². The summed E-state index contributed by atoms with van der Waals surface area (Å²) in [6.07, 6.45) is 0. The minimum Gasteiger partial charge on any atom is -0.341 e. The number of rotatable bonds is 6. The molecule has 0 atom stereocenters. The number of hydrogen-bond acceptors (Lipinski definition) is 5. The molecule has 0 fully saturated rings. The van der Waals surface area contributed by atoms with E-state index in [2.05, 4.69) is 21.6 Å². The number of carbonyl (C=O) groups excluding carboxylic acids is 1. The number of nitrogens with zero attached hydrogens (tertiary/aromatic N) is 5. The van der Waals surface area contributed by atoms with Crippen LogP contribution in [0, 0.1) is 13.8 Å². The predicted octanol–water partition coefficient (Wildman–Crippen LogP) is 4.34. The molecular formula is C19H19Cl2N5OS. The maximum absolute atomic E-state index is 12.5. The number of aromatic nitrogens is 4. The first kappa shape index (κ1) is 20.6. The Labute approximate surface area is 177 Å². The van der Waals surface area contributed by atoms with Gasteiger partial charge in [-0.25, -0.2) is 0 Å². The summed E-state index contributed by atoms with van der Waals surface area (Å²) in [7, 11) is 1.75. The summed E-state index contributed by atoms with van der Waals surface area (Å²) in [5.41, 5.74) is 4.05. The molecule has 3 rings (SSSR count). The third-order valence-electron chi connectivity index (χ3n) is 4.18. The topological polar surface area (TPSA) is 63.9 Å². The lowest BCUT2D eigenvalue weighted by molar-refractivity contribution is -0.127. The van der Waals surface area contributed by atoms with Crippen LogP contribution in [0.4, 0.5) is 0 Å². The Hall–Kier alpha value is -2.09. The fraction of sp³-hybridized carbons (Fsp3) is 0.263. The molecule has 2 aromatic carbocycles. The Bertz CT molecular complexity index is 1010. The number of aryl methyl sites for hydroxylation is 2. The van der Waals surface area contributed by atoms with Gasteiger partial charge in [-0.3, -0.25) is 4.79 Å². The summed E-state index contributed by atoms with van der Waals surface area (Å²) >= 11 is 13.3. The fourth-order valence-corrected chi connectivity index (χ4v) is 3.84. The number of carbonyl (C=O) groups is 1. The van der Waals surface area contributed by atoms with Gasteiger partial charge in [0.1, 0.15) is 0 Å². The third kappa shape index (κ3) is 4.84. The molecule has 1 amide bonds. The van der Waals surface area contributed by atoms with E-state index in [1.165, 1.54) is 17.3 Å². The number of halogens is 2. The first-order valence-corrected chi connectivity index (χ1v) is 10.3. The lowest BCUT2D eigenvalue weighted by atomic mass is 10.1. The second-order valence-corrected chi connectivity index (χ2v) is 8.21. The van der Waals surface area contributed by atoms with E-state index >= 15 is 0 Å². The van der Waals surface area contributed by atoms with Gasteiger partial charge in [0.15, 0.2) is 0 Å². The van der Waals surface area contributed by atoms with E-state index < -0.39 is 0 Å². The molecule has 9 heteroatoms. The molecule has 1 aromatic heterocycles. The highest BCUT2D eigenvalue weighted by atomic mass is 35.5. The summed E-state index contributed by atoms with van der Waals surface area (Å²) in [5.74, 6) is 0.189. The van der Waals surface area contributed by atoms with Crippen molar-refractivity contribution < 1.29 is 4.79 Å². The molecule has 1 heterocycles. The first-order valence-electron chi connectivity index (χ1n) is 8.52. The van der Waals surface area contributed by atoms with Crippen molar-refractivity contribution in [2.75, 3.05) is 12.8 Å². The van der Waals surface area contributed by atoms with E-state index in [0.29, 0.717) is 21.7 Å². The molecule has 0 spiro atoms. The van der Waals surface area contributed by atoms with Crippen LogP contribution in [0.5, 0.6) is 0 Å². The second-order valence-electron chi connectivity index (χ2n) is 6.45. The minimum atomic E-state index is -0.0359. The standard InChI is InChI=1S/C19H19Cl2N5OS/c1-12-4-7-17(13(2)8-12)26-19(22-23-24-26)28-11-18(27)25(3)10-14-5-6-15(20)16(21)9-14/h4-9H,10-11H2,1-3H3. The Morgan fingerprint density at radius 2 is 1.93 bits per heavy atom. The van der Waals surface area contributed by atoms with Gasteiger partial charge in [-0.15, -0.1) is 5.10 Å². The van der Waals surface area contributed by atoms with Gasteiger partial charge in [-0.2, -0.15) is 4.68 Å². The molecule has 0 N–H and O–H groups in total. The van der Waals surface area contributed by atoms with Crippen molar-refractivity contribution in [3.8, 4) is 5.69 Å². The summed E-state index contributed by atoms with van der Waals surface area (Å²) in [5, 5.41) is 13.4. The molecule has 6 nitrogen and oxygen atoms in total. The van der Waals surface area contributed by atoms with Crippen molar-refractivity contribution in [2.45, 2.75) is 25.5 Å². The highest BCUT2D eigenvalue weighted by molar-refractivity contribution is 7.99. The molecule has 0 radical (unpaired) electrons. The van der Waals surface area contributed by atoms with Gasteiger partial charge < -0.3 is 4.90 Å². The molecule has 3 aromatic rings. The third-order valence-corrected chi connectivity index (χ3v) is 5.82. The zero-order valence-corrected chi connectivity index (χ0v) is 18.0. The lowest BCUT2D eigenvalue weighted by Gasteiger charge is -2.17. The highest BCUT2D eigenvalue weighted by Crippen LogP contribution is 2.24. The van der Waals surface area contributed by atoms with Gasteiger partial charge in [-0.1, -0.05) is 58.7 Å². The van der Waals surface area contributed by atoms with E-state index in [0.717, 1.165) is 16.8 Å². The van der Waals surface area contributed by atoms with Gasteiger partial charge in [0.05, 0.1) is 21.5 Å². The van der Waals surface area contributed by atoms with Crippen LogP contribution >= 0.6 is 35.0 Å². The van der Waals surface area contributed by atoms with E-state index in [4.69, 9.17) is 23.2 Å². The summed E-state index contributed by atoms with van der Waals surface area (Å²) < 4.78 is 1.66. The minimum absolute atomic E-state index is 0.0359. The highest BCUT2D eigenvalue weighted by Gasteiger charge is 2.16. The van der Waals surface area contributed by atoms with Crippen molar-refractivity contribution in [2.24, 2.45) is 0 Å². The van der Waals surface area contributed by atoms with Crippen molar-refractivity contribution in [3.05, 3.63) is 63.1 Å². The lowest BCUT2D eigenvalue weighted by Crippen LogP contribution is -2.27. The van der Waals surface area contributed by atoms with E-state index in [1.807, 2.05) is 32.0 Å². The Balaban J connectivity index is 1.65. The summed E-state index contributed by atoms with van der Waals surface area (Å²) in [6.45, 7) is 4.49. The molecule has 0 saturated heterocycles. The Kier molecular flexibility index (Phi) is 6.59. The number of amides is 1. The van der Waals surface area contributed by atoms with Gasteiger partial charge >= 0.3 is 0 Å². The largest absolute Gasteiger partial charge is 0.341 e. The number of hydrogen-bond donors (Lipinski definition) is 0. The van der Waals surface area contributed by atoms with Crippen molar-refractivity contribution in [3.63, 3.8) is 0 Å². The Morgan fingerprint density at radius 3 is 2.64 bits per heavy atom. The number of thioether (sulfide) groups is 1. The number of tetrazole rings is 1. The molecule has 146 valence electrons. The zero-order chi connectivity index (χ0) is 20.3. The zero-order valence-electron chi connectivity index (χ0n) is 15.7. The van der Waals surface area contributed by atoms with Crippen LogP contribution in [-0.4, -0.2) is 43.8 Å². The quantitative estimate of drug-likeness (QED) is 0.538. The van der Waals surface area contributed by atoms with Crippen LogP contribution in [0.3, 0.4) is 0 Å². The molecule has 0 saturated carbocycles. The van der Waals surface area contributed by atoms with E-state index in [9.17, 15) is 4.79 Å². The maximum atomic E-state index is 12.5. The van der Waals surface area contributed by atoms with Crippen LogP contribution in [0.2, 0.25) is 10.0 Å². The molecule has 0 aliphatic rings.